The lowest BCUT2D eigenvalue weighted by Gasteiger charge is -2.33. The van der Waals surface area contributed by atoms with Gasteiger partial charge < -0.3 is 19.7 Å². The molecule has 42 heavy (non-hydrogen) atoms. The number of para-hydroxylation sites is 1. The van der Waals surface area contributed by atoms with E-state index >= 15 is 0 Å². The quantitative estimate of drug-likeness (QED) is 0.306. The van der Waals surface area contributed by atoms with E-state index in [4.69, 9.17) is 21.1 Å². The first-order valence-electron chi connectivity index (χ1n) is 13.0. The Kier molecular flexibility index (Phi) is 7.28. The predicted octanol–water partition coefficient (Wildman–Crippen LogP) is 4.40. The Hall–Kier alpha value is -5.22. The van der Waals surface area contributed by atoms with Crippen LogP contribution >= 0.6 is 11.6 Å². The highest BCUT2D eigenvalue weighted by molar-refractivity contribution is 6.52. The summed E-state index contributed by atoms with van der Waals surface area (Å²) in [7, 11) is 0. The molecule has 3 amide bonds. The molecule has 4 aromatic rings. The molecule has 210 valence electrons. The lowest BCUT2D eigenvalue weighted by Crippen LogP contribution is -2.46. The van der Waals surface area contributed by atoms with E-state index in [1.807, 2.05) is 0 Å². The van der Waals surface area contributed by atoms with E-state index in [1.54, 1.807) is 91.3 Å². The Bertz CT molecular complexity index is 1700. The number of benzene rings is 3. The lowest BCUT2D eigenvalue weighted by molar-refractivity contribution is -0.139. The fourth-order valence-corrected chi connectivity index (χ4v) is 5.07. The number of hydrogen-bond acceptors (Lipinski definition) is 7. The minimum atomic E-state index is -1.15. The molecule has 11 heteroatoms. The standard InChI is InChI=1S/C31H23ClN4O6/c32-21-9-7-20(8-10-21)28(30(39)34-22-11-12-25-26(14-22)42-18-41-25)36(16-19-4-3-13-33-15-19)27(37)17-35-24-6-2-1-5-23(24)29(38)31(35)40/h1-15,28H,16-18H2,(H,34,39). The summed E-state index contributed by atoms with van der Waals surface area (Å²) in [6, 6.07) is 20.4. The SMILES string of the molecule is O=C1C(=O)N(CC(=O)N(Cc2cccnc2)C(C(=O)Nc2ccc3c(c2)OCO3)c2ccc(Cl)cc2)c2ccccc21. The molecule has 0 spiro atoms. The lowest BCUT2D eigenvalue weighted by atomic mass is 10.0. The molecular formula is C31H23ClN4O6. The summed E-state index contributed by atoms with van der Waals surface area (Å²) in [4.78, 5) is 60.3. The number of ketones is 1. The molecule has 0 aliphatic carbocycles. The molecule has 3 aromatic carbocycles. The fraction of sp³-hybridized carbons (Fsp3) is 0.129. The van der Waals surface area contributed by atoms with Gasteiger partial charge in [-0.05, 0) is 53.6 Å². The smallest absolute Gasteiger partial charge is 0.299 e. The van der Waals surface area contributed by atoms with Gasteiger partial charge in [-0.2, -0.15) is 0 Å². The van der Waals surface area contributed by atoms with Crippen LogP contribution in [0.2, 0.25) is 5.02 Å². The average molecular weight is 583 g/mol. The zero-order chi connectivity index (χ0) is 29.2. The van der Waals surface area contributed by atoms with Crippen molar-refractivity contribution in [2.75, 3.05) is 23.6 Å². The van der Waals surface area contributed by atoms with Crippen LogP contribution in [0.1, 0.15) is 27.5 Å². The summed E-state index contributed by atoms with van der Waals surface area (Å²) < 4.78 is 10.8. The van der Waals surface area contributed by atoms with E-state index in [0.29, 0.717) is 39.0 Å². The Morgan fingerprint density at radius 3 is 2.55 bits per heavy atom. The number of ether oxygens (including phenoxy) is 2. The van der Waals surface area contributed by atoms with Crippen molar-refractivity contribution in [3.63, 3.8) is 0 Å². The maximum absolute atomic E-state index is 14.1. The van der Waals surface area contributed by atoms with Gasteiger partial charge in [0.15, 0.2) is 11.5 Å². The minimum Gasteiger partial charge on any atom is -0.454 e. The zero-order valence-electron chi connectivity index (χ0n) is 22.0. The normalized spacial score (nSPS) is 14.0. The maximum Gasteiger partial charge on any atom is 0.299 e. The number of carbonyl (C=O) groups is 4. The first-order valence-corrected chi connectivity index (χ1v) is 13.4. The minimum absolute atomic E-state index is 0.00779. The van der Waals surface area contributed by atoms with Crippen LogP contribution in [0.3, 0.4) is 0 Å². The van der Waals surface area contributed by atoms with Gasteiger partial charge in [-0.3, -0.25) is 29.1 Å². The van der Waals surface area contributed by atoms with Crippen molar-refractivity contribution in [2.45, 2.75) is 12.6 Å². The summed E-state index contributed by atoms with van der Waals surface area (Å²) in [5.74, 6) is -1.53. The number of anilines is 2. The van der Waals surface area contributed by atoms with Crippen molar-refractivity contribution in [3.05, 3.63) is 113 Å². The van der Waals surface area contributed by atoms with Crippen LogP contribution in [0.25, 0.3) is 0 Å². The van der Waals surface area contributed by atoms with Crippen molar-refractivity contribution in [1.29, 1.82) is 0 Å². The molecule has 10 nitrogen and oxygen atoms in total. The number of nitrogens with zero attached hydrogens (tertiary/aromatic N) is 3. The highest BCUT2D eigenvalue weighted by atomic mass is 35.5. The van der Waals surface area contributed by atoms with Gasteiger partial charge in [-0.1, -0.05) is 41.9 Å². The van der Waals surface area contributed by atoms with Gasteiger partial charge in [-0.25, -0.2) is 0 Å². The first-order chi connectivity index (χ1) is 20.4. The molecule has 0 fully saturated rings. The van der Waals surface area contributed by atoms with E-state index < -0.39 is 36.1 Å². The number of Topliss-reactive ketones (excluding diaryl/α,β-unsaturated/α-hetero) is 1. The van der Waals surface area contributed by atoms with Crippen molar-refractivity contribution in [3.8, 4) is 11.5 Å². The van der Waals surface area contributed by atoms with Gasteiger partial charge in [0.2, 0.25) is 12.7 Å². The Balaban J connectivity index is 1.37. The molecule has 2 aliphatic rings. The second-order valence-corrected chi connectivity index (χ2v) is 10.1. The average Bonchev–Trinajstić information content (AvgIpc) is 3.56. The van der Waals surface area contributed by atoms with Gasteiger partial charge in [0.25, 0.3) is 17.6 Å². The number of fused-ring (bicyclic) bond motifs is 2. The Morgan fingerprint density at radius 2 is 1.76 bits per heavy atom. The third kappa shape index (κ3) is 5.27. The number of halogens is 1. The molecule has 0 saturated carbocycles. The predicted molar refractivity (Wildman–Crippen MR) is 153 cm³/mol. The molecule has 2 aliphatic heterocycles. The fourth-order valence-electron chi connectivity index (χ4n) is 4.95. The van der Waals surface area contributed by atoms with Crippen LogP contribution in [0.4, 0.5) is 11.4 Å². The van der Waals surface area contributed by atoms with Gasteiger partial charge in [-0.15, -0.1) is 0 Å². The summed E-state index contributed by atoms with van der Waals surface area (Å²) >= 11 is 6.15. The molecule has 0 bridgehead atoms. The summed E-state index contributed by atoms with van der Waals surface area (Å²) in [6.45, 7) is -0.385. The Morgan fingerprint density at radius 1 is 0.976 bits per heavy atom. The summed E-state index contributed by atoms with van der Waals surface area (Å²) in [5.41, 5.74) is 2.15. The second-order valence-electron chi connectivity index (χ2n) is 9.63. The van der Waals surface area contributed by atoms with E-state index in [9.17, 15) is 19.2 Å². The van der Waals surface area contributed by atoms with Gasteiger partial charge in [0, 0.05) is 35.7 Å². The maximum atomic E-state index is 14.1. The molecule has 0 radical (unpaired) electrons. The molecular weight excluding hydrogens is 560 g/mol. The third-order valence-electron chi connectivity index (χ3n) is 6.95. The topological polar surface area (TPSA) is 118 Å². The van der Waals surface area contributed by atoms with Crippen LogP contribution in [0.5, 0.6) is 11.5 Å². The molecule has 1 aromatic heterocycles. The monoisotopic (exact) mass is 582 g/mol. The van der Waals surface area contributed by atoms with Crippen LogP contribution in [-0.4, -0.2) is 46.7 Å². The van der Waals surface area contributed by atoms with E-state index in [-0.39, 0.29) is 18.9 Å². The summed E-state index contributed by atoms with van der Waals surface area (Å²) in [6.07, 6.45) is 3.19. The molecule has 1 atom stereocenters. The highest BCUT2D eigenvalue weighted by Gasteiger charge is 2.39. The molecule has 6 rings (SSSR count). The van der Waals surface area contributed by atoms with E-state index in [0.717, 1.165) is 4.90 Å². The third-order valence-corrected chi connectivity index (χ3v) is 7.21. The van der Waals surface area contributed by atoms with Crippen molar-refractivity contribution < 1.29 is 28.7 Å². The second kappa shape index (κ2) is 11.3. The number of pyridine rings is 1. The van der Waals surface area contributed by atoms with E-state index in [2.05, 4.69) is 10.3 Å². The summed E-state index contributed by atoms with van der Waals surface area (Å²) in [5, 5.41) is 3.33. The van der Waals surface area contributed by atoms with Crippen molar-refractivity contribution >= 4 is 46.5 Å². The van der Waals surface area contributed by atoms with Gasteiger partial charge in [0.1, 0.15) is 12.6 Å². The molecule has 1 N–H and O–H groups in total. The number of hydrogen-bond donors (Lipinski definition) is 1. The largest absolute Gasteiger partial charge is 0.454 e. The number of rotatable bonds is 8. The molecule has 1 unspecified atom stereocenters. The number of amides is 3. The molecule has 3 heterocycles. The van der Waals surface area contributed by atoms with Gasteiger partial charge in [0.05, 0.1) is 11.3 Å². The van der Waals surface area contributed by atoms with Crippen molar-refractivity contribution in [2.24, 2.45) is 0 Å². The number of carbonyl (C=O) groups excluding carboxylic acids is 4. The number of nitrogens with one attached hydrogen (secondary N) is 1. The van der Waals surface area contributed by atoms with Crippen LogP contribution in [-0.2, 0) is 20.9 Å². The highest BCUT2D eigenvalue weighted by Crippen LogP contribution is 2.35. The van der Waals surface area contributed by atoms with E-state index in [1.165, 1.54) is 4.90 Å². The van der Waals surface area contributed by atoms with Crippen LogP contribution in [0.15, 0.2) is 91.3 Å². The number of aromatic nitrogens is 1. The van der Waals surface area contributed by atoms with Crippen LogP contribution < -0.4 is 19.7 Å². The first kappa shape index (κ1) is 27.0. The Labute approximate surface area is 245 Å². The van der Waals surface area contributed by atoms with Crippen LogP contribution in [0, 0.1) is 0 Å². The zero-order valence-corrected chi connectivity index (χ0v) is 22.8. The van der Waals surface area contributed by atoms with Crippen molar-refractivity contribution in [1.82, 2.24) is 9.88 Å². The van der Waals surface area contributed by atoms with Gasteiger partial charge >= 0.3 is 0 Å². The molecule has 0 saturated heterocycles.